The molecule has 2 amide bonds. The number of nitrogens with one attached hydrogen (secondary N) is 2. The average Bonchev–Trinajstić information content (AvgIpc) is 3.47. The lowest BCUT2D eigenvalue weighted by molar-refractivity contribution is -0.119. The third-order valence-corrected chi connectivity index (χ3v) is 7.20. The van der Waals surface area contributed by atoms with Gasteiger partial charge in [-0.1, -0.05) is 49.7 Å². The molecule has 2 aliphatic heterocycles. The van der Waals surface area contributed by atoms with Crippen LogP contribution < -0.4 is 5.32 Å². The number of aromatic amines is 1. The molecule has 5 rings (SSSR count). The van der Waals surface area contributed by atoms with Crippen molar-refractivity contribution in [1.82, 2.24) is 14.8 Å². The maximum Gasteiger partial charge on any atom is 0.256 e. The molecule has 1 fully saturated rings. The quantitative estimate of drug-likeness (QED) is 0.183. The Morgan fingerprint density at radius 2 is 1.74 bits per heavy atom. The van der Waals surface area contributed by atoms with Crippen LogP contribution in [0.3, 0.4) is 0 Å². The zero-order valence-corrected chi connectivity index (χ0v) is 24.9. The number of anilines is 1. The van der Waals surface area contributed by atoms with Crippen LogP contribution in [0.1, 0.15) is 42.8 Å². The lowest BCUT2D eigenvalue weighted by atomic mass is 9.94. The third-order valence-electron chi connectivity index (χ3n) is 6.63. The standard InChI is InChI=1S/C23H21ClN2OS.C6H12N2O.C2H6/c1-14-12-16(4-3-11-28)21(25-14)13-19-22-18(15-7-9-17(24)10-8-15)5-2-6-20(22)26-23(19)27;1-7-2-4-8(6-9)5-3-7;1-2/h2,5-10,12-13,25,28H,3-4,11H2,1H3,(H,26,27);6H,2-5H2,1H3;1-2H3/b19-13-;;. The molecule has 39 heavy (non-hydrogen) atoms. The van der Waals surface area contributed by atoms with Gasteiger partial charge < -0.3 is 20.1 Å². The van der Waals surface area contributed by atoms with Crippen LogP contribution in [0.5, 0.6) is 0 Å². The van der Waals surface area contributed by atoms with Crippen LogP contribution in [0.2, 0.25) is 5.02 Å². The van der Waals surface area contributed by atoms with E-state index in [1.165, 1.54) is 5.56 Å². The fourth-order valence-corrected chi connectivity index (χ4v) is 4.89. The Kier molecular flexibility index (Phi) is 11.7. The number of benzene rings is 2. The predicted octanol–water partition coefficient (Wildman–Crippen LogP) is 6.42. The molecule has 2 aliphatic rings. The van der Waals surface area contributed by atoms with Crippen molar-refractivity contribution < 1.29 is 9.59 Å². The van der Waals surface area contributed by atoms with Crippen LogP contribution in [0, 0.1) is 6.92 Å². The Hall–Kier alpha value is -3.00. The van der Waals surface area contributed by atoms with Gasteiger partial charge >= 0.3 is 0 Å². The number of hydrogen-bond donors (Lipinski definition) is 3. The lowest BCUT2D eigenvalue weighted by Crippen LogP contribution is -2.43. The summed E-state index contributed by atoms with van der Waals surface area (Å²) in [6.45, 7) is 9.84. The van der Waals surface area contributed by atoms with Gasteiger partial charge in [-0.3, -0.25) is 9.59 Å². The molecule has 0 bridgehead atoms. The molecule has 0 spiro atoms. The minimum Gasteiger partial charge on any atom is -0.359 e. The summed E-state index contributed by atoms with van der Waals surface area (Å²) in [6, 6.07) is 15.8. The highest BCUT2D eigenvalue weighted by Gasteiger charge is 2.27. The maximum atomic E-state index is 12.8. The van der Waals surface area contributed by atoms with Crippen LogP contribution in [-0.2, 0) is 16.0 Å². The number of amides is 2. The minimum absolute atomic E-state index is 0.0798. The van der Waals surface area contributed by atoms with Gasteiger partial charge in [-0.25, -0.2) is 0 Å². The zero-order chi connectivity index (χ0) is 28.4. The van der Waals surface area contributed by atoms with Gasteiger partial charge in [0.05, 0.1) is 5.57 Å². The second kappa shape index (κ2) is 15.0. The molecule has 0 aliphatic carbocycles. The number of likely N-dealkylation sites (N-methyl/N-ethyl adjacent to an activating group) is 1. The van der Waals surface area contributed by atoms with E-state index >= 15 is 0 Å². The van der Waals surface area contributed by atoms with E-state index in [-0.39, 0.29) is 5.91 Å². The van der Waals surface area contributed by atoms with Crippen LogP contribution in [0.15, 0.2) is 48.5 Å². The predicted molar refractivity (Wildman–Crippen MR) is 168 cm³/mol. The molecule has 3 aromatic rings. The van der Waals surface area contributed by atoms with E-state index < -0.39 is 0 Å². The molecule has 8 heteroatoms. The van der Waals surface area contributed by atoms with Crippen molar-refractivity contribution in [2.24, 2.45) is 0 Å². The molecule has 2 N–H and O–H groups in total. The topological polar surface area (TPSA) is 68.4 Å². The molecule has 6 nitrogen and oxygen atoms in total. The Bertz CT molecular complexity index is 1280. The number of halogens is 1. The number of hydrogen-bond acceptors (Lipinski definition) is 4. The summed E-state index contributed by atoms with van der Waals surface area (Å²) >= 11 is 10.4. The van der Waals surface area contributed by atoms with Gasteiger partial charge in [0.15, 0.2) is 0 Å². The van der Waals surface area contributed by atoms with Crippen LogP contribution in [-0.4, -0.2) is 66.1 Å². The first-order valence-electron chi connectivity index (χ1n) is 13.5. The second-order valence-corrected chi connectivity index (χ2v) is 10.3. The molecule has 0 unspecified atom stereocenters. The van der Waals surface area contributed by atoms with Gasteiger partial charge in [0.1, 0.15) is 0 Å². The Balaban J connectivity index is 0.000000322. The van der Waals surface area contributed by atoms with E-state index in [9.17, 15) is 9.59 Å². The number of piperazine rings is 1. The first-order valence-corrected chi connectivity index (χ1v) is 14.5. The van der Waals surface area contributed by atoms with E-state index in [1.807, 2.05) is 69.3 Å². The van der Waals surface area contributed by atoms with E-state index in [0.717, 1.165) is 84.9 Å². The van der Waals surface area contributed by atoms with Crippen molar-refractivity contribution in [2.45, 2.75) is 33.6 Å². The van der Waals surface area contributed by atoms with Gasteiger partial charge in [0.2, 0.25) is 6.41 Å². The molecule has 0 radical (unpaired) electrons. The van der Waals surface area contributed by atoms with E-state index in [4.69, 9.17) is 11.6 Å². The van der Waals surface area contributed by atoms with E-state index in [0.29, 0.717) is 10.6 Å². The van der Waals surface area contributed by atoms with Crippen LogP contribution in [0.25, 0.3) is 22.8 Å². The van der Waals surface area contributed by atoms with Gasteiger partial charge in [-0.05, 0) is 79.6 Å². The SMILES string of the molecule is CC.CN1CCN(C=O)CC1.Cc1cc(CCCS)c(/C=C2\C(=O)Nc3cccc(-c4ccc(Cl)cc4)c32)[nH]1. The number of H-pyrrole nitrogens is 1. The van der Waals surface area contributed by atoms with Gasteiger partial charge in [0, 0.05) is 53.8 Å². The second-order valence-electron chi connectivity index (χ2n) is 9.41. The van der Waals surface area contributed by atoms with Crippen molar-refractivity contribution >= 4 is 53.9 Å². The molecule has 0 atom stereocenters. The normalized spacial score (nSPS) is 15.6. The minimum atomic E-state index is -0.0798. The summed E-state index contributed by atoms with van der Waals surface area (Å²) in [5, 5.41) is 3.69. The number of carbonyl (C=O) groups is 2. The molecule has 1 aromatic heterocycles. The molecule has 2 aromatic carbocycles. The summed E-state index contributed by atoms with van der Waals surface area (Å²) in [5.74, 6) is 0.758. The summed E-state index contributed by atoms with van der Waals surface area (Å²) in [5.41, 5.74) is 7.78. The smallest absolute Gasteiger partial charge is 0.256 e. The highest BCUT2D eigenvalue weighted by atomic mass is 35.5. The largest absolute Gasteiger partial charge is 0.359 e. The van der Waals surface area contributed by atoms with Crippen molar-refractivity contribution in [3.05, 3.63) is 76.1 Å². The van der Waals surface area contributed by atoms with Crippen molar-refractivity contribution in [2.75, 3.05) is 44.3 Å². The zero-order valence-electron chi connectivity index (χ0n) is 23.3. The van der Waals surface area contributed by atoms with Gasteiger partial charge in [0.25, 0.3) is 5.91 Å². The molecular formula is C31H39ClN4O2S. The summed E-state index contributed by atoms with van der Waals surface area (Å²) in [4.78, 5) is 30.4. The number of thiol groups is 1. The number of nitrogens with zero attached hydrogens (tertiary/aromatic N) is 2. The summed E-state index contributed by atoms with van der Waals surface area (Å²) in [7, 11) is 2.07. The number of rotatable bonds is 6. The Morgan fingerprint density at radius 1 is 1.05 bits per heavy atom. The van der Waals surface area contributed by atoms with Gasteiger partial charge in [-0.15, -0.1) is 0 Å². The van der Waals surface area contributed by atoms with Crippen LogP contribution in [0.4, 0.5) is 5.69 Å². The monoisotopic (exact) mass is 566 g/mol. The number of aryl methyl sites for hydroxylation is 2. The van der Waals surface area contributed by atoms with Crippen molar-refractivity contribution in [3.8, 4) is 11.1 Å². The number of aromatic nitrogens is 1. The summed E-state index contributed by atoms with van der Waals surface area (Å²) < 4.78 is 0. The molecule has 1 saturated heterocycles. The van der Waals surface area contributed by atoms with Crippen molar-refractivity contribution in [3.63, 3.8) is 0 Å². The first-order chi connectivity index (χ1) is 18.9. The van der Waals surface area contributed by atoms with Crippen molar-refractivity contribution in [1.29, 1.82) is 0 Å². The fraction of sp³-hybridized carbons (Fsp3) is 0.355. The maximum absolute atomic E-state index is 12.8. The number of carbonyl (C=O) groups excluding carboxylic acids is 2. The van der Waals surface area contributed by atoms with E-state index in [2.05, 4.69) is 40.9 Å². The molecule has 208 valence electrons. The molecule has 3 heterocycles. The Labute approximate surface area is 242 Å². The summed E-state index contributed by atoms with van der Waals surface area (Å²) in [6.07, 6.45) is 4.82. The van der Waals surface area contributed by atoms with Gasteiger partial charge in [-0.2, -0.15) is 12.6 Å². The average molecular weight is 567 g/mol. The van der Waals surface area contributed by atoms with E-state index in [1.54, 1.807) is 4.90 Å². The molecular weight excluding hydrogens is 528 g/mol. The Morgan fingerprint density at radius 3 is 2.38 bits per heavy atom. The lowest BCUT2D eigenvalue weighted by Gasteiger charge is -2.29. The third kappa shape index (κ3) is 8.01. The molecule has 0 saturated carbocycles. The highest BCUT2D eigenvalue weighted by molar-refractivity contribution is 7.80. The first kappa shape index (κ1) is 30.5. The number of fused-ring (bicyclic) bond motifs is 1. The van der Waals surface area contributed by atoms with Crippen LogP contribution >= 0.6 is 24.2 Å². The fourth-order valence-electron chi connectivity index (χ4n) is 4.60. The highest BCUT2D eigenvalue weighted by Crippen LogP contribution is 2.40.